The Hall–Kier alpha value is 0.0948. The van der Waals surface area contributed by atoms with Crippen LogP contribution in [0.15, 0.2) is 0 Å². The third kappa shape index (κ3) is 11.2. The van der Waals surface area contributed by atoms with E-state index in [9.17, 15) is 18.9 Å². The molecule has 5 unspecified atom stereocenters. The van der Waals surface area contributed by atoms with Crippen molar-refractivity contribution in [2.45, 2.75) is 54.6 Å². The maximum absolute atomic E-state index is 12.3. The number of rotatable bonds is 19. The van der Waals surface area contributed by atoms with Gasteiger partial charge in [0.05, 0.1) is 59.5 Å². The minimum atomic E-state index is -4.84. The second-order valence-electron chi connectivity index (χ2n) is 9.02. The monoisotopic (exact) mass is 624 g/mol. The Morgan fingerprint density at radius 3 is 1.39 bits per heavy atom. The van der Waals surface area contributed by atoms with E-state index >= 15 is 0 Å². The van der Waals surface area contributed by atoms with Gasteiger partial charge in [-0.2, -0.15) is 0 Å². The lowest BCUT2D eigenvalue weighted by Gasteiger charge is -2.30. The minimum Gasteiger partial charge on any atom is -0.756 e. The summed E-state index contributed by atoms with van der Waals surface area (Å²) >= 11 is 0. The van der Waals surface area contributed by atoms with E-state index in [-0.39, 0.29) is 52.9 Å². The SMILES string of the molecule is [B][C@@H]1OCC(OC)[C@@H]1OCCOP(=O)([O-])OC1CO[C@@H]([B])[C@H]1OCCOP(=O)([O-])OC1CO[C@@H]([B])[C@H]1OCCOC. The lowest BCUT2D eigenvalue weighted by Crippen LogP contribution is -2.37. The van der Waals surface area contributed by atoms with E-state index in [4.69, 9.17) is 79.5 Å². The van der Waals surface area contributed by atoms with Crippen LogP contribution in [0, 0.1) is 0 Å². The Balaban J connectivity index is 1.37. The molecule has 0 aromatic carbocycles. The number of phosphoric acid groups is 2. The van der Waals surface area contributed by atoms with Crippen molar-refractivity contribution in [2.24, 2.45) is 0 Å². The van der Waals surface area contributed by atoms with Gasteiger partial charge in [-0.1, -0.05) is 0 Å². The first kappa shape index (κ1) is 35.6. The Labute approximate surface area is 242 Å². The molecule has 3 aliphatic rings. The van der Waals surface area contributed by atoms with E-state index in [1.165, 1.54) is 14.2 Å². The molecule has 3 fully saturated rings. The van der Waals surface area contributed by atoms with Gasteiger partial charge in [-0.25, -0.2) is 0 Å². The van der Waals surface area contributed by atoms with Crippen LogP contribution in [-0.2, 0) is 65.1 Å². The van der Waals surface area contributed by atoms with Gasteiger partial charge in [0.2, 0.25) is 0 Å². The lowest BCUT2D eigenvalue weighted by atomic mass is 9.93. The zero-order valence-electron chi connectivity index (χ0n) is 22.7. The summed E-state index contributed by atoms with van der Waals surface area (Å²) in [7, 11) is 10.7. The van der Waals surface area contributed by atoms with Crippen molar-refractivity contribution in [3.8, 4) is 0 Å². The molecule has 0 amide bonds. The second-order valence-corrected chi connectivity index (χ2v) is 11.7. The third-order valence-electron chi connectivity index (χ3n) is 6.15. The van der Waals surface area contributed by atoms with E-state index in [2.05, 4.69) is 0 Å². The van der Waals surface area contributed by atoms with E-state index in [1.54, 1.807) is 0 Å². The van der Waals surface area contributed by atoms with Crippen molar-refractivity contribution in [1.82, 2.24) is 0 Å². The molecule has 230 valence electrons. The summed E-state index contributed by atoms with van der Waals surface area (Å²) in [5, 5.41) is 0. The van der Waals surface area contributed by atoms with E-state index in [1.807, 2.05) is 0 Å². The van der Waals surface area contributed by atoms with Crippen LogP contribution < -0.4 is 9.79 Å². The average Bonchev–Trinajstić information content (AvgIpc) is 3.56. The molecular weight excluding hydrogens is 591 g/mol. The molecule has 3 aliphatic heterocycles. The molecule has 0 aromatic rings. The fourth-order valence-corrected chi connectivity index (χ4v) is 5.88. The standard InChI is InChI=1S/C20H35B3O16P2/c1-28-3-4-30-16-13(10-34-19(16)22)38-41(26,27)37-8-6-32-17-14(11-35-20(17)23)39-40(24,25)36-7-5-31-15-12(29-2)9-33-18(15)21/h12-20H,3-11H2,1-2H3,(H,24,25)(H,26,27)/p-2/t12?,13?,14?,15-,16-,17-,18+,19+,20+/m0/s1. The van der Waals surface area contributed by atoms with Gasteiger partial charge in [-0.15, -0.1) is 0 Å². The number of hydrogen-bond donors (Lipinski definition) is 0. The van der Waals surface area contributed by atoms with E-state index in [0.717, 1.165) is 0 Å². The van der Waals surface area contributed by atoms with Gasteiger partial charge in [0.25, 0.3) is 15.6 Å². The molecule has 0 aromatic heterocycles. The highest BCUT2D eigenvalue weighted by Gasteiger charge is 2.40. The smallest absolute Gasteiger partial charge is 0.268 e. The van der Waals surface area contributed by atoms with Crippen LogP contribution in [0.2, 0.25) is 0 Å². The van der Waals surface area contributed by atoms with Crippen LogP contribution in [0.25, 0.3) is 0 Å². The van der Waals surface area contributed by atoms with Gasteiger partial charge in [-0.3, -0.25) is 9.13 Å². The number of phosphoric ester groups is 2. The average molecular weight is 624 g/mol. The molecule has 3 heterocycles. The lowest BCUT2D eigenvalue weighted by molar-refractivity contribution is -0.234. The Kier molecular flexibility index (Phi) is 14.7. The highest BCUT2D eigenvalue weighted by atomic mass is 31.2. The van der Waals surface area contributed by atoms with E-state index in [0.29, 0.717) is 0 Å². The molecule has 0 N–H and O–H groups in total. The normalized spacial score (nSPS) is 36.8. The second kappa shape index (κ2) is 17.0. The van der Waals surface area contributed by atoms with Gasteiger partial charge >= 0.3 is 0 Å². The third-order valence-corrected chi connectivity index (χ3v) is 8.20. The molecule has 0 aliphatic carbocycles. The van der Waals surface area contributed by atoms with Gasteiger partial charge in [0.1, 0.15) is 60.2 Å². The number of ether oxygens (including phenoxy) is 8. The quantitative estimate of drug-likeness (QED) is 0.0809. The van der Waals surface area contributed by atoms with Crippen molar-refractivity contribution in [2.75, 3.05) is 73.7 Å². The Bertz CT molecular complexity index is 878. The Morgan fingerprint density at radius 1 is 0.634 bits per heavy atom. The largest absolute Gasteiger partial charge is 0.756 e. The summed E-state index contributed by atoms with van der Waals surface area (Å²) in [6.07, 6.45) is -5.11. The van der Waals surface area contributed by atoms with Crippen LogP contribution in [0.5, 0.6) is 0 Å². The first-order valence-corrected chi connectivity index (χ1v) is 15.6. The topological polar surface area (TPSA) is 191 Å². The molecule has 21 heteroatoms. The fraction of sp³-hybridized carbons (Fsp3) is 1.00. The summed E-state index contributed by atoms with van der Waals surface area (Å²) < 4.78 is 86.6. The summed E-state index contributed by atoms with van der Waals surface area (Å²) in [6.45, 7) is -1.00. The summed E-state index contributed by atoms with van der Waals surface area (Å²) in [5.74, 6) is 0. The molecule has 0 bridgehead atoms. The van der Waals surface area contributed by atoms with Gasteiger partial charge in [-0.05, 0) is 0 Å². The first-order valence-electron chi connectivity index (χ1n) is 12.7. The van der Waals surface area contributed by atoms with Crippen LogP contribution in [0.1, 0.15) is 0 Å². The maximum Gasteiger partial charge on any atom is 0.268 e. The van der Waals surface area contributed by atoms with Crippen molar-refractivity contribution in [3.63, 3.8) is 0 Å². The van der Waals surface area contributed by atoms with Crippen molar-refractivity contribution < 1.29 is 74.9 Å². The predicted molar refractivity (Wildman–Crippen MR) is 135 cm³/mol. The van der Waals surface area contributed by atoms with Gasteiger partial charge in [0, 0.05) is 32.2 Å². The molecule has 3 rings (SSSR count). The zero-order valence-corrected chi connectivity index (χ0v) is 24.5. The number of hydrogen-bond acceptors (Lipinski definition) is 16. The molecule has 0 spiro atoms. The zero-order chi connectivity index (χ0) is 30.0. The Morgan fingerprint density at radius 2 is 1.00 bits per heavy atom. The molecule has 0 saturated carbocycles. The molecule has 11 atom stereocenters. The van der Waals surface area contributed by atoms with Crippen molar-refractivity contribution >= 4 is 39.2 Å². The van der Waals surface area contributed by atoms with E-state index < -0.39 is 76.9 Å². The molecule has 16 nitrogen and oxygen atoms in total. The summed E-state index contributed by atoms with van der Waals surface area (Å²) in [6, 6.07) is -2.67. The van der Waals surface area contributed by atoms with Crippen LogP contribution in [0.3, 0.4) is 0 Å². The number of methoxy groups -OCH3 is 2. The first-order chi connectivity index (χ1) is 19.5. The minimum absolute atomic E-state index is 0.127. The van der Waals surface area contributed by atoms with Gasteiger partial charge in [0.15, 0.2) is 0 Å². The highest BCUT2D eigenvalue weighted by Crippen LogP contribution is 2.43. The van der Waals surface area contributed by atoms with Gasteiger partial charge < -0.3 is 65.8 Å². The fourth-order valence-electron chi connectivity index (χ4n) is 4.14. The van der Waals surface area contributed by atoms with Crippen LogP contribution in [-0.4, -0.2) is 152 Å². The summed E-state index contributed by atoms with van der Waals surface area (Å²) in [4.78, 5) is 24.6. The van der Waals surface area contributed by atoms with Crippen molar-refractivity contribution in [3.05, 3.63) is 0 Å². The molecule has 6 radical (unpaired) electrons. The molecule has 41 heavy (non-hydrogen) atoms. The summed E-state index contributed by atoms with van der Waals surface area (Å²) in [5.41, 5.74) is 0. The van der Waals surface area contributed by atoms with Crippen molar-refractivity contribution in [1.29, 1.82) is 0 Å². The molecule has 3 saturated heterocycles. The molecular formula is C20H33B3O16P2-2. The van der Waals surface area contributed by atoms with Crippen LogP contribution in [0.4, 0.5) is 0 Å². The van der Waals surface area contributed by atoms with Crippen LogP contribution >= 0.6 is 15.6 Å². The predicted octanol–water partition coefficient (Wildman–Crippen LogP) is -2.88. The highest BCUT2D eigenvalue weighted by molar-refractivity contribution is 7.46. The maximum atomic E-state index is 12.3.